The molecule has 0 aromatic heterocycles. The molecule has 0 radical (unpaired) electrons. The summed E-state index contributed by atoms with van der Waals surface area (Å²) in [6.07, 6.45) is 1.33. The topological polar surface area (TPSA) is 135 Å². The first-order valence-corrected chi connectivity index (χ1v) is 16.7. The number of carbonyl (C=O) groups excluding carboxylic acids is 5. The van der Waals surface area contributed by atoms with E-state index in [9.17, 15) is 24.0 Å². The number of rotatable bonds is 15. The highest BCUT2D eigenvalue weighted by Gasteiger charge is 2.30. The summed E-state index contributed by atoms with van der Waals surface area (Å²) in [7, 11) is 0. The number of esters is 3. The van der Waals surface area contributed by atoms with Gasteiger partial charge < -0.3 is 28.6 Å². The van der Waals surface area contributed by atoms with E-state index in [1.807, 2.05) is 26.8 Å². The van der Waals surface area contributed by atoms with E-state index in [2.05, 4.69) is 6.58 Å². The van der Waals surface area contributed by atoms with Crippen molar-refractivity contribution < 1.29 is 47.7 Å². The number of benzene rings is 2. The number of hydrogen-bond donors (Lipinski definition) is 0. The maximum absolute atomic E-state index is 12.9. The van der Waals surface area contributed by atoms with E-state index in [-0.39, 0.29) is 58.3 Å². The number of halogens is 2. The average molecular weight is 721 g/mol. The zero-order valence-electron chi connectivity index (χ0n) is 28.7. The SMILES string of the molecule is C=C(CC)C(=O)c1ccc(OCC(=O)OCC(=O)OC(COc2cccc3c2CCCC3OC(C)=O)CN(C(C)=O)C(C)(C)C)c(Cl)c1Cl. The van der Waals surface area contributed by atoms with Gasteiger partial charge in [0, 0.05) is 30.5 Å². The van der Waals surface area contributed by atoms with E-state index in [1.165, 1.54) is 26.0 Å². The number of amides is 1. The third-order valence-electron chi connectivity index (χ3n) is 7.75. The molecule has 2 aromatic carbocycles. The Morgan fingerprint density at radius 2 is 1.67 bits per heavy atom. The third kappa shape index (κ3) is 11.0. The quantitative estimate of drug-likeness (QED) is 0.0853. The molecule has 0 heterocycles. The fourth-order valence-electron chi connectivity index (χ4n) is 5.32. The van der Waals surface area contributed by atoms with Crippen molar-refractivity contribution in [2.75, 3.05) is 26.4 Å². The number of fused-ring (bicyclic) bond motifs is 1. The molecule has 13 heteroatoms. The highest BCUT2D eigenvalue weighted by molar-refractivity contribution is 6.45. The second-order valence-corrected chi connectivity index (χ2v) is 13.3. The largest absolute Gasteiger partial charge is 0.489 e. The van der Waals surface area contributed by atoms with Crippen LogP contribution in [0.25, 0.3) is 0 Å². The van der Waals surface area contributed by atoms with Gasteiger partial charge in [-0.05, 0) is 75.8 Å². The normalized spacial score (nSPS) is 14.5. The molecule has 0 spiro atoms. The summed E-state index contributed by atoms with van der Waals surface area (Å²) in [5.74, 6) is -2.13. The molecule has 1 amide bonds. The van der Waals surface area contributed by atoms with Crippen LogP contribution in [-0.2, 0) is 39.8 Å². The highest BCUT2D eigenvalue weighted by Crippen LogP contribution is 2.38. The minimum Gasteiger partial charge on any atom is -0.489 e. The van der Waals surface area contributed by atoms with Crippen LogP contribution in [0, 0.1) is 0 Å². The summed E-state index contributed by atoms with van der Waals surface area (Å²) in [4.78, 5) is 63.5. The summed E-state index contributed by atoms with van der Waals surface area (Å²) >= 11 is 12.5. The smallest absolute Gasteiger partial charge is 0.344 e. The van der Waals surface area contributed by atoms with Gasteiger partial charge in [0.05, 0.1) is 11.6 Å². The van der Waals surface area contributed by atoms with Crippen LogP contribution in [0.4, 0.5) is 0 Å². The molecule has 11 nitrogen and oxygen atoms in total. The molecule has 2 unspecified atom stereocenters. The van der Waals surface area contributed by atoms with Crippen LogP contribution in [0.3, 0.4) is 0 Å². The summed E-state index contributed by atoms with van der Waals surface area (Å²) in [6.45, 7) is 12.4. The number of ketones is 1. The van der Waals surface area contributed by atoms with Crippen molar-refractivity contribution in [3.05, 3.63) is 69.2 Å². The number of Topliss-reactive ketones (excluding diaryl/α,β-unsaturated/α-hetero) is 1. The zero-order chi connectivity index (χ0) is 36.5. The first-order valence-electron chi connectivity index (χ1n) is 15.9. The van der Waals surface area contributed by atoms with Crippen LogP contribution in [0.1, 0.15) is 88.4 Å². The Bertz CT molecular complexity index is 1580. The molecule has 3 rings (SSSR count). The molecule has 0 aliphatic heterocycles. The van der Waals surface area contributed by atoms with E-state index in [4.69, 9.17) is 46.9 Å². The zero-order valence-corrected chi connectivity index (χ0v) is 30.2. The van der Waals surface area contributed by atoms with E-state index in [1.54, 1.807) is 24.0 Å². The molecule has 0 bridgehead atoms. The number of hydrogen-bond acceptors (Lipinski definition) is 10. The van der Waals surface area contributed by atoms with Gasteiger partial charge in [-0.2, -0.15) is 0 Å². The van der Waals surface area contributed by atoms with Crippen molar-refractivity contribution in [3.8, 4) is 11.5 Å². The van der Waals surface area contributed by atoms with Gasteiger partial charge in [0.15, 0.2) is 25.1 Å². The lowest BCUT2D eigenvalue weighted by Gasteiger charge is -2.37. The molecule has 49 heavy (non-hydrogen) atoms. The number of ether oxygens (including phenoxy) is 5. The van der Waals surface area contributed by atoms with Gasteiger partial charge in [-0.3, -0.25) is 14.4 Å². The molecular weight excluding hydrogens is 677 g/mol. The van der Waals surface area contributed by atoms with Crippen molar-refractivity contribution in [2.45, 2.75) is 85.0 Å². The van der Waals surface area contributed by atoms with Crippen LogP contribution in [-0.4, -0.2) is 72.5 Å². The Morgan fingerprint density at radius 1 is 0.959 bits per heavy atom. The Kier molecular flexibility index (Phi) is 14.1. The molecule has 0 saturated heterocycles. The Morgan fingerprint density at radius 3 is 2.31 bits per heavy atom. The second kappa shape index (κ2) is 17.5. The van der Waals surface area contributed by atoms with E-state index < -0.39 is 36.8 Å². The van der Waals surface area contributed by atoms with Crippen molar-refractivity contribution >= 4 is 52.8 Å². The van der Waals surface area contributed by atoms with Gasteiger partial charge in [-0.1, -0.05) is 48.8 Å². The standard InChI is InChI=1S/C36H43Cl2NO10/c1-8-21(2)35(44)27-15-16-30(34(38)33(27)37)46-19-31(42)47-20-32(43)49-24(17-39(22(3)40)36(5,6)7)18-45-28-13-9-12-26-25(28)11-10-14-29(26)48-23(4)41/h9,12-13,15-16,24,29H,2,8,10-11,14,17-20H2,1,3-7H3. The van der Waals surface area contributed by atoms with Crippen molar-refractivity contribution in [1.82, 2.24) is 4.90 Å². The van der Waals surface area contributed by atoms with Gasteiger partial charge >= 0.3 is 17.9 Å². The van der Waals surface area contributed by atoms with E-state index in [0.717, 1.165) is 17.5 Å². The van der Waals surface area contributed by atoms with Crippen LogP contribution in [0.5, 0.6) is 11.5 Å². The van der Waals surface area contributed by atoms with Gasteiger partial charge in [-0.25, -0.2) is 9.59 Å². The number of allylic oxidation sites excluding steroid dienone is 1. The maximum Gasteiger partial charge on any atom is 0.344 e. The molecule has 2 aromatic rings. The van der Waals surface area contributed by atoms with Crippen LogP contribution in [0.15, 0.2) is 42.5 Å². The predicted molar refractivity (Wildman–Crippen MR) is 183 cm³/mol. The number of carbonyl (C=O) groups is 5. The molecular formula is C36H43Cl2NO10. The van der Waals surface area contributed by atoms with Gasteiger partial charge in [0.25, 0.3) is 0 Å². The molecule has 0 N–H and O–H groups in total. The summed E-state index contributed by atoms with van der Waals surface area (Å²) in [5.41, 5.74) is 1.67. The highest BCUT2D eigenvalue weighted by atomic mass is 35.5. The van der Waals surface area contributed by atoms with Gasteiger partial charge in [0.2, 0.25) is 5.91 Å². The minimum atomic E-state index is -0.930. The minimum absolute atomic E-state index is 0.0100. The monoisotopic (exact) mass is 719 g/mol. The van der Waals surface area contributed by atoms with Crippen LogP contribution >= 0.6 is 23.2 Å². The Labute approximate surface area is 296 Å². The van der Waals surface area contributed by atoms with Crippen LogP contribution < -0.4 is 9.47 Å². The Balaban J connectivity index is 1.66. The van der Waals surface area contributed by atoms with Gasteiger partial charge in [-0.15, -0.1) is 0 Å². The van der Waals surface area contributed by atoms with Crippen molar-refractivity contribution in [3.63, 3.8) is 0 Å². The summed E-state index contributed by atoms with van der Waals surface area (Å²) in [6, 6.07) is 8.30. The Hall–Kier alpha value is -4.09. The molecule has 266 valence electrons. The lowest BCUT2D eigenvalue weighted by Crippen LogP contribution is -2.50. The fourth-order valence-corrected chi connectivity index (χ4v) is 5.78. The molecule has 2 atom stereocenters. The molecule has 1 aliphatic rings. The molecule has 1 aliphatic carbocycles. The number of nitrogens with zero attached hydrogens (tertiary/aromatic N) is 1. The summed E-state index contributed by atoms with van der Waals surface area (Å²) in [5, 5.41) is -0.110. The second-order valence-electron chi connectivity index (χ2n) is 12.5. The van der Waals surface area contributed by atoms with Crippen molar-refractivity contribution in [1.29, 1.82) is 0 Å². The van der Waals surface area contributed by atoms with Crippen LogP contribution in [0.2, 0.25) is 10.0 Å². The fraction of sp³-hybridized carbons (Fsp3) is 0.472. The first-order chi connectivity index (χ1) is 23.0. The van der Waals surface area contributed by atoms with E-state index >= 15 is 0 Å². The van der Waals surface area contributed by atoms with Crippen molar-refractivity contribution in [2.24, 2.45) is 0 Å². The maximum atomic E-state index is 12.9. The molecule has 0 saturated carbocycles. The summed E-state index contributed by atoms with van der Waals surface area (Å²) < 4.78 is 27.8. The van der Waals surface area contributed by atoms with Gasteiger partial charge in [0.1, 0.15) is 29.2 Å². The average Bonchev–Trinajstić information content (AvgIpc) is 3.04. The van der Waals surface area contributed by atoms with E-state index in [0.29, 0.717) is 30.6 Å². The lowest BCUT2D eigenvalue weighted by molar-refractivity contribution is -0.166. The first kappa shape index (κ1) is 39.3. The lowest BCUT2D eigenvalue weighted by atomic mass is 9.88. The predicted octanol–water partition coefficient (Wildman–Crippen LogP) is 6.64. The third-order valence-corrected chi connectivity index (χ3v) is 8.62. The molecule has 0 fully saturated rings.